The highest BCUT2D eigenvalue weighted by molar-refractivity contribution is 6.34. The van der Waals surface area contributed by atoms with E-state index in [1.54, 1.807) is 42.5 Å². The van der Waals surface area contributed by atoms with Crippen molar-refractivity contribution in [2.24, 2.45) is 0 Å². The molecule has 11 heteroatoms. The highest BCUT2D eigenvalue weighted by Crippen LogP contribution is 2.35. The number of hydrazine groups is 1. The Balaban J connectivity index is 1.56. The number of aliphatic carboxylic acids is 1. The summed E-state index contributed by atoms with van der Waals surface area (Å²) >= 11 is 12.4. The van der Waals surface area contributed by atoms with Crippen molar-refractivity contribution >= 4 is 40.8 Å². The van der Waals surface area contributed by atoms with Crippen molar-refractivity contribution in [1.29, 1.82) is 0 Å². The quantitative estimate of drug-likeness (QED) is 0.299. The molecule has 0 saturated heterocycles. The number of nitrogens with one attached hydrogen (secondary N) is 2. The molecule has 1 aliphatic rings. The van der Waals surface area contributed by atoms with Crippen LogP contribution in [0.15, 0.2) is 72.8 Å². The third-order valence-corrected chi connectivity index (χ3v) is 6.28. The van der Waals surface area contributed by atoms with Crippen LogP contribution in [0.2, 0.25) is 10.0 Å². The molecule has 1 heterocycles. The summed E-state index contributed by atoms with van der Waals surface area (Å²) in [7, 11) is 0. The molecule has 0 fully saturated rings. The summed E-state index contributed by atoms with van der Waals surface area (Å²) in [6.45, 7) is 0.350. The van der Waals surface area contributed by atoms with Crippen molar-refractivity contribution in [3.05, 3.63) is 111 Å². The Bertz CT molecular complexity index is 1340. The number of halogens is 5. The first-order valence-corrected chi connectivity index (χ1v) is 12.2. The van der Waals surface area contributed by atoms with E-state index in [1.807, 2.05) is 11.1 Å². The van der Waals surface area contributed by atoms with Crippen LogP contribution < -0.4 is 10.7 Å². The van der Waals surface area contributed by atoms with Crippen molar-refractivity contribution in [2.45, 2.75) is 25.2 Å². The number of benzene rings is 3. The molecule has 3 N–H and O–H groups in total. The lowest BCUT2D eigenvalue weighted by atomic mass is 10.0. The molecular weight excluding hydrogens is 542 g/mol. The number of amides is 1. The van der Waals surface area contributed by atoms with Crippen molar-refractivity contribution in [3.8, 4) is 0 Å². The summed E-state index contributed by atoms with van der Waals surface area (Å²) < 4.78 is 39.3. The Morgan fingerprint density at radius 3 is 2.18 bits per heavy atom. The van der Waals surface area contributed by atoms with E-state index in [9.17, 15) is 22.8 Å². The normalized spacial score (nSPS) is 15.3. The summed E-state index contributed by atoms with van der Waals surface area (Å²) in [5.41, 5.74) is 5.82. The zero-order chi connectivity index (χ0) is 27.4. The molecule has 3 aromatic rings. The summed E-state index contributed by atoms with van der Waals surface area (Å²) in [4.78, 5) is 22.9. The van der Waals surface area contributed by atoms with E-state index < -0.39 is 17.7 Å². The van der Waals surface area contributed by atoms with Gasteiger partial charge in [-0.05, 0) is 65.2 Å². The van der Waals surface area contributed by atoms with Crippen LogP contribution in [0.5, 0.6) is 0 Å². The minimum Gasteiger partial charge on any atom is -0.481 e. The van der Waals surface area contributed by atoms with E-state index in [-0.39, 0.29) is 24.9 Å². The molecule has 1 amide bonds. The van der Waals surface area contributed by atoms with Crippen LogP contribution in [-0.2, 0) is 17.5 Å². The minimum atomic E-state index is -4.44. The molecular formula is C27H22Cl2F3N3O3. The second-order valence-electron chi connectivity index (χ2n) is 8.62. The number of carbonyl (C=O) groups excluding carboxylic acids is 1. The lowest BCUT2D eigenvalue weighted by molar-refractivity contribution is -0.138. The van der Waals surface area contributed by atoms with Gasteiger partial charge in [-0.25, -0.2) is 5.43 Å². The van der Waals surface area contributed by atoms with Gasteiger partial charge in [0.25, 0.3) is 5.91 Å². The van der Waals surface area contributed by atoms with Crippen LogP contribution >= 0.6 is 23.2 Å². The fourth-order valence-electron chi connectivity index (χ4n) is 3.99. The maximum absolute atomic E-state index is 13.1. The maximum atomic E-state index is 13.1. The Morgan fingerprint density at radius 2 is 1.61 bits per heavy atom. The number of carboxylic acids is 1. The van der Waals surface area contributed by atoms with Gasteiger partial charge in [-0.15, -0.1) is 0 Å². The average Bonchev–Trinajstić information content (AvgIpc) is 3.27. The first-order valence-electron chi connectivity index (χ1n) is 11.5. The van der Waals surface area contributed by atoms with Crippen molar-refractivity contribution in [2.75, 3.05) is 6.54 Å². The van der Waals surface area contributed by atoms with E-state index in [0.717, 1.165) is 23.3 Å². The predicted molar refractivity (Wildman–Crippen MR) is 138 cm³/mol. The number of hydrogen-bond donors (Lipinski definition) is 3. The lowest BCUT2D eigenvalue weighted by Crippen LogP contribution is -2.32. The lowest BCUT2D eigenvalue weighted by Gasteiger charge is -2.25. The van der Waals surface area contributed by atoms with E-state index in [1.165, 1.54) is 12.1 Å². The topological polar surface area (TPSA) is 81.7 Å². The van der Waals surface area contributed by atoms with Crippen LogP contribution in [-0.4, -0.2) is 28.5 Å². The van der Waals surface area contributed by atoms with E-state index in [0.29, 0.717) is 33.4 Å². The molecule has 1 unspecified atom stereocenters. The summed E-state index contributed by atoms with van der Waals surface area (Å²) in [6.07, 6.45) is -2.74. The predicted octanol–water partition coefficient (Wildman–Crippen LogP) is 6.32. The van der Waals surface area contributed by atoms with Gasteiger partial charge in [-0.3, -0.25) is 9.59 Å². The number of rotatable bonds is 8. The van der Waals surface area contributed by atoms with E-state index in [2.05, 4.69) is 10.7 Å². The number of nitrogens with zero attached hydrogens (tertiary/aromatic N) is 1. The van der Waals surface area contributed by atoms with Gasteiger partial charge in [-0.2, -0.15) is 13.2 Å². The Hall–Kier alpha value is -3.53. The van der Waals surface area contributed by atoms with Crippen LogP contribution in [0.4, 0.5) is 13.2 Å². The molecule has 4 rings (SSSR count). The standard InChI is InChI=1S/C27H22Cl2F3N3O3/c28-21-11-19(12-22(29)13-21)23-14-24(17-5-7-20(8-6-17)27(30,31)32)35(34-23)15-16-1-3-18(4-2-16)26(38)33-10-9-25(36)37/h1-8,11-14,23,34H,9-10,15H2,(H,33,38)(H,36,37). The van der Waals surface area contributed by atoms with E-state index >= 15 is 0 Å². The second kappa shape index (κ2) is 11.5. The largest absolute Gasteiger partial charge is 0.481 e. The van der Waals surface area contributed by atoms with Gasteiger partial charge in [0.15, 0.2) is 0 Å². The average molecular weight is 564 g/mol. The number of carboxylic acid groups (broad SMARTS) is 1. The highest BCUT2D eigenvalue weighted by atomic mass is 35.5. The number of hydrogen-bond acceptors (Lipinski definition) is 4. The van der Waals surface area contributed by atoms with Crippen molar-refractivity contribution in [3.63, 3.8) is 0 Å². The highest BCUT2D eigenvalue weighted by Gasteiger charge is 2.31. The molecule has 0 aliphatic carbocycles. The molecule has 38 heavy (non-hydrogen) atoms. The van der Waals surface area contributed by atoms with Crippen molar-refractivity contribution < 1.29 is 27.9 Å². The minimum absolute atomic E-state index is 0.0177. The first-order chi connectivity index (χ1) is 18.0. The van der Waals surface area contributed by atoms with Gasteiger partial charge in [0, 0.05) is 22.2 Å². The molecule has 3 aromatic carbocycles. The fraction of sp³-hybridized carbons (Fsp3) is 0.185. The molecule has 0 saturated carbocycles. The maximum Gasteiger partial charge on any atom is 0.416 e. The van der Waals surface area contributed by atoms with Gasteiger partial charge in [0.2, 0.25) is 0 Å². The van der Waals surface area contributed by atoms with Crippen molar-refractivity contribution in [1.82, 2.24) is 15.8 Å². The summed E-state index contributed by atoms with van der Waals surface area (Å²) in [6, 6.07) is 16.4. The Morgan fingerprint density at radius 1 is 0.974 bits per heavy atom. The van der Waals surface area contributed by atoms with Gasteiger partial charge in [0.05, 0.1) is 30.3 Å². The van der Waals surface area contributed by atoms with Crippen LogP contribution in [0, 0.1) is 0 Å². The van der Waals surface area contributed by atoms with Gasteiger partial charge in [-0.1, -0.05) is 47.5 Å². The van der Waals surface area contributed by atoms with Crippen LogP contribution in [0.25, 0.3) is 5.70 Å². The smallest absolute Gasteiger partial charge is 0.416 e. The summed E-state index contributed by atoms with van der Waals surface area (Å²) in [5, 5.41) is 14.0. The monoisotopic (exact) mass is 563 g/mol. The fourth-order valence-corrected chi connectivity index (χ4v) is 4.53. The molecule has 198 valence electrons. The molecule has 0 bridgehead atoms. The molecule has 0 radical (unpaired) electrons. The Labute approximate surface area is 226 Å². The van der Waals surface area contributed by atoms with E-state index in [4.69, 9.17) is 28.3 Å². The molecule has 0 aromatic heterocycles. The van der Waals surface area contributed by atoms with Crippen LogP contribution in [0.1, 0.15) is 45.1 Å². The zero-order valence-corrected chi connectivity index (χ0v) is 21.2. The first kappa shape index (κ1) is 27.5. The SMILES string of the molecule is O=C(O)CCNC(=O)c1ccc(CN2NC(c3cc(Cl)cc(Cl)c3)C=C2c2ccc(C(F)(F)F)cc2)cc1. The molecule has 0 spiro atoms. The molecule has 1 atom stereocenters. The third-order valence-electron chi connectivity index (χ3n) is 5.84. The molecule has 1 aliphatic heterocycles. The second-order valence-corrected chi connectivity index (χ2v) is 9.49. The third kappa shape index (κ3) is 6.86. The number of carbonyl (C=O) groups is 2. The molecule has 6 nitrogen and oxygen atoms in total. The number of alkyl halides is 3. The van der Waals surface area contributed by atoms with Crippen LogP contribution in [0.3, 0.4) is 0 Å². The Kier molecular flexibility index (Phi) is 8.30. The zero-order valence-electron chi connectivity index (χ0n) is 19.7. The van der Waals surface area contributed by atoms with Gasteiger partial charge < -0.3 is 15.4 Å². The summed E-state index contributed by atoms with van der Waals surface area (Å²) in [5.74, 6) is -1.39. The van der Waals surface area contributed by atoms with Gasteiger partial charge in [0.1, 0.15) is 0 Å². The van der Waals surface area contributed by atoms with Gasteiger partial charge >= 0.3 is 12.1 Å².